The molecule has 0 aliphatic carbocycles. The first-order valence-corrected chi connectivity index (χ1v) is 6.74. The van der Waals surface area contributed by atoms with Crippen LogP contribution in [0.25, 0.3) is 0 Å². The molecule has 1 aromatic rings. The van der Waals surface area contributed by atoms with Gasteiger partial charge in [-0.15, -0.1) is 0 Å². The molecule has 0 spiro atoms. The van der Waals surface area contributed by atoms with Crippen molar-refractivity contribution in [3.8, 4) is 5.75 Å². The maximum atomic E-state index is 13.4. The van der Waals surface area contributed by atoms with Crippen LogP contribution in [0, 0.1) is 5.82 Å². The van der Waals surface area contributed by atoms with Crippen molar-refractivity contribution in [2.24, 2.45) is 4.99 Å². The van der Waals surface area contributed by atoms with Gasteiger partial charge in [0.2, 0.25) is 0 Å². The van der Waals surface area contributed by atoms with Crippen molar-refractivity contribution in [2.75, 3.05) is 20.1 Å². The minimum Gasteiger partial charge on any atom is -0.486 e. The molecule has 1 aromatic carbocycles. The Morgan fingerprint density at radius 3 is 2.55 bits per heavy atom. The lowest BCUT2D eigenvalue weighted by Gasteiger charge is -2.18. The van der Waals surface area contributed by atoms with Crippen LogP contribution < -0.4 is 15.4 Å². The van der Waals surface area contributed by atoms with Crippen LogP contribution in [0.4, 0.5) is 17.6 Å². The molecule has 4 nitrogen and oxygen atoms in total. The quantitative estimate of drug-likeness (QED) is 0.481. The van der Waals surface area contributed by atoms with E-state index in [2.05, 4.69) is 15.6 Å². The summed E-state index contributed by atoms with van der Waals surface area (Å²) in [5, 5.41) is 5.37. The second kappa shape index (κ2) is 8.45. The van der Waals surface area contributed by atoms with Gasteiger partial charge >= 0.3 is 6.18 Å². The van der Waals surface area contributed by atoms with Crippen molar-refractivity contribution in [3.05, 3.63) is 30.1 Å². The van der Waals surface area contributed by atoms with E-state index in [0.717, 1.165) is 0 Å². The molecule has 1 unspecified atom stereocenters. The van der Waals surface area contributed by atoms with Crippen molar-refractivity contribution < 1.29 is 22.3 Å². The van der Waals surface area contributed by atoms with Crippen LogP contribution in [0.15, 0.2) is 29.3 Å². The average molecular weight is 321 g/mol. The Bertz CT molecular complexity index is 491. The van der Waals surface area contributed by atoms with Crippen LogP contribution in [-0.4, -0.2) is 38.4 Å². The highest BCUT2D eigenvalue weighted by Gasteiger charge is 2.26. The zero-order valence-electron chi connectivity index (χ0n) is 12.4. The number of ether oxygens (including phenoxy) is 1. The lowest BCUT2D eigenvalue weighted by Crippen LogP contribution is -2.42. The highest BCUT2D eigenvalue weighted by Crippen LogP contribution is 2.18. The summed E-state index contributed by atoms with van der Waals surface area (Å²) >= 11 is 0. The Morgan fingerprint density at radius 2 is 1.95 bits per heavy atom. The van der Waals surface area contributed by atoms with Crippen LogP contribution in [0.2, 0.25) is 0 Å². The molecule has 22 heavy (non-hydrogen) atoms. The molecule has 0 heterocycles. The first kappa shape index (κ1) is 18.1. The molecule has 2 N–H and O–H groups in total. The fraction of sp³-hybridized carbons (Fsp3) is 0.500. The molecule has 0 saturated heterocycles. The predicted molar refractivity (Wildman–Crippen MR) is 76.5 cm³/mol. The summed E-state index contributed by atoms with van der Waals surface area (Å²) in [6, 6.07) is 5.99. The molecule has 0 radical (unpaired) electrons. The molecule has 0 bridgehead atoms. The van der Waals surface area contributed by atoms with Gasteiger partial charge in [-0.3, -0.25) is 4.99 Å². The third-order valence-electron chi connectivity index (χ3n) is 2.65. The van der Waals surface area contributed by atoms with Crippen molar-refractivity contribution in [1.29, 1.82) is 0 Å². The zero-order valence-corrected chi connectivity index (χ0v) is 12.4. The average Bonchev–Trinajstić information content (AvgIpc) is 2.44. The van der Waals surface area contributed by atoms with Gasteiger partial charge in [-0.1, -0.05) is 12.1 Å². The van der Waals surface area contributed by atoms with E-state index in [0.29, 0.717) is 0 Å². The first-order chi connectivity index (χ1) is 10.3. The molecule has 8 heteroatoms. The van der Waals surface area contributed by atoms with E-state index in [1.54, 1.807) is 19.1 Å². The molecule has 124 valence electrons. The topological polar surface area (TPSA) is 45.7 Å². The first-order valence-electron chi connectivity index (χ1n) is 6.74. The molecular formula is C14H19F4N3O. The number of halogens is 4. The number of para-hydroxylation sites is 1. The van der Waals surface area contributed by atoms with E-state index in [1.165, 1.54) is 19.2 Å². The van der Waals surface area contributed by atoms with Gasteiger partial charge in [0, 0.05) is 13.6 Å². The molecule has 0 aromatic heterocycles. The zero-order chi connectivity index (χ0) is 16.6. The Labute approximate surface area is 126 Å². The number of alkyl halides is 3. The molecular weight excluding hydrogens is 302 g/mol. The monoisotopic (exact) mass is 321 g/mol. The fourth-order valence-electron chi connectivity index (χ4n) is 1.58. The SMILES string of the molecule is CN=C(NCCC(F)(F)F)NCC(C)Oc1ccccc1F. The van der Waals surface area contributed by atoms with Gasteiger partial charge in [0.15, 0.2) is 17.5 Å². The highest BCUT2D eigenvalue weighted by molar-refractivity contribution is 5.79. The van der Waals surface area contributed by atoms with Gasteiger partial charge in [0.25, 0.3) is 0 Å². The van der Waals surface area contributed by atoms with E-state index in [4.69, 9.17) is 4.74 Å². The third-order valence-corrected chi connectivity index (χ3v) is 2.65. The second-order valence-electron chi connectivity index (χ2n) is 4.60. The Balaban J connectivity index is 2.35. The van der Waals surface area contributed by atoms with Gasteiger partial charge in [-0.2, -0.15) is 13.2 Å². The number of guanidine groups is 1. The Morgan fingerprint density at radius 1 is 1.27 bits per heavy atom. The van der Waals surface area contributed by atoms with Gasteiger partial charge in [0.1, 0.15) is 6.10 Å². The minimum atomic E-state index is -4.22. The number of nitrogens with one attached hydrogen (secondary N) is 2. The van der Waals surface area contributed by atoms with Crippen LogP contribution in [0.5, 0.6) is 5.75 Å². The number of hydrogen-bond donors (Lipinski definition) is 2. The molecule has 1 rings (SSSR count). The molecule has 0 saturated carbocycles. The smallest absolute Gasteiger partial charge is 0.390 e. The number of benzene rings is 1. The van der Waals surface area contributed by atoms with Crippen LogP contribution in [0.3, 0.4) is 0 Å². The van der Waals surface area contributed by atoms with Gasteiger partial charge in [0.05, 0.1) is 13.0 Å². The number of rotatable bonds is 6. The van der Waals surface area contributed by atoms with Crippen LogP contribution in [0.1, 0.15) is 13.3 Å². The Kier molecular flexibility index (Phi) is 6.94. The van der Waals surface area contributed by atoms with Gasteiger partial charge < -0.3 is 15.4 Å². The molecule has 0 amide bonds. The van der Waals surface area contributed by atoms with Gasteiger partial charge in [-0.05, 0) is 19.1 Å². The summed E-state index contributed by atoms with van der Waals surface area (Å²) < 4.78 is 54.9. The fourth-order valence-corrected chi connectivity index (χ4v) is 1.58. The van der Waals surface area contributed by atoms with E-state index < -0.39 is 24.5 Å². The maximum Gasteiger partial charge on any atom is 0.390 e. The minimum absolute atomic E-state index is 0.122. The molecule has 1 atom stereocenters. The number of nitrogens with zero attached hydrogens (tertiary/aromatic N) is 1. The summed E-state index contributed by atoms with van der Waals surface area (Å²) in [7, 11) is 1.45. The number of aliphatic imine (C=N–C) groups is 1. The van der Waals surface area contributed by atoms with E-state index in [1.807, 2.05) is 0 Å². The van der Waals surface area contributed by atoms with E-state index >= 15 is 0 Å². The lowest BCUT2D eigenvalue weighted by molar-refractivity contribution is -0.132. The van der Waals surface area contributed by atoms with Crippen molar-refractivity contribution in [3.63, 3.8) is 0 Å². The van der Waals surface area contributed by atoms with E-state index in [9.17, 15) is 17.6 Å². The molecule has 0 fully saturated rings. The summed E-state index contributed by atoms with van der Waals surface area (Å²) in [4.78, 5) is 3.80. The largest absolute Gasteiger partial charge is 0.486 e. The number of hydrogen-bond acceptors (Lipinski definition) is 2. The van der Waals surface area contributed by atoms with Crippen molar-refractivity contribution in [1.82, 2.24) is 10.6 Å². The van der Waals surface area contributed by atoms with Crippen LogP contribution in [-0.2, 0) is 0 Å². The van der Waals surface area contributed by atoms with E-state index in [-0.39, 0.29) is 24.8 Å². The summed E-state index contributed by atoms with van der Waals surface area (Å²) in [5.74, 6) is -0.118. The summed E-state index contributed by atoms with van der Waals surface area (Å²) in [5.41, 5.74) is 0. The predicted octanol–water partition coefficient (Wildman–Crippen LogP) is 2.71. The third kappa shape index (κ3) is 7.14. The van der Waals surface area contributed by atoms with Crippen molar-refractivity contribution in [2.45, 2.75) is 25.6 Å². The summed E-state index contributed by atoms with van der Waals surface area (Å²) in [6.45, 7) is 1.70. The maximum absolute atomic E-state index is 13.4. The van der Waals surface area contributed by atoms with Gasteiger partial charge in [-0.25, -0.2) is 4.39 Å². The molecule has 0 aliphatic rings. The lowest BCUT2D eigenvalue weighted by atomic mass is 10.3. The Hall–Kier alpha value is -1.99. The van der Waals surface area contributed by atoms with Crippen LogP contribution >= 0.6 is 0 Å². The highest BCUT2D eigenvalue weighted by atomic mass is 19.4. The summed E-state index contributed by atoms with van der Waals surface area (Å²) in [6.07, 6.45) is -5.56. The normalized spacial score (nSPS) is 13.6. The standard InChI is InChI=1S/C14H19F4N3O/c1-10(22-12-6-4-3-5-11(12)15)9-21-13(19-2)20-8-7-14(16,17)18/h3-6,10H,7-9H2,1-2H3,(H2,19,20,21). The van der Waals surface area contributed by atoms with Crippen molar-refractivity contribution >= 4 is 5.96 Å². The second-order valence-corrected chi connectivity index (χ2v) is 4.60. The molecule has 0 aliphatic heterocycles.